The van der Waals surface area contributed by atoms with Crippen molar-refractivity contribution in [1.29, 1.82) is 0 Å². The molecule has 1 aliphatic heterocycles. The van der Waals surface area contributed by atoms with Crippen LogP contribution in [0.15, 0.2) is 0 Å². The van der Waals surface area contributed by atoms with Crippen LogP contribution in [-0.4, -0.2) is 36.6 Å². The highest BCUT2D eigenvalue weighted by molar-refractivity contribution is 6.21. The van der Waals surface area contributed by atoms with E-state index in [2.05, 4.69) is 0 Å². The molecular formula is C6H11ClO3. The third-order valence-corrected chi connectivity index (χ3v) is 2.05. The quantitative estimate of drug-likeness (QED) is 0.572. The second-order valence-electron chi connectivity index (χ2n) is 2.28. The predicted octanol–water partition coefficient (Wildman–Crippen LogP) is 0.347. The van der Waals surface area contributed by atoms with Gasteiger partial charge in [0.2, 0.25) is 0 Å². The monoisotopic (exact) mass is 166 g/mol. The summed E-state index contributed by atoms with van der Waals surface area (Å²) in [4.78, 5) is 0. The molecule has 1 heterocycles. The molecule has 0 radical (unpaired) electrons. The first kappa shape index (κ1) is 8.27. The minimum Gasteiger partial charge on any atom is -0.391 e. The molecule has 3 atom stereocenters. The maximum Gasteiger partial charge on any atom is 0.175 e. The molecule has 1 aliphatic rings. The summed E-state index contributed by atoms with van der Waals surface area (Å²) in [5.74, 6) is 0. The van der Waals surface area contributed by atoms with E-state index in [0.29, 0.717) is 13.0 Å². The maximum absolute atomic E-state index is 9.19. The van der Waals surface area contributed by atoms with E-state index in [1.807, 2.05) is 0 Å². The number of methoxy groups -OCH3 is 1. The van der Waals surface area contributed by atoms with Crippen molar-refractivity contribution in [3.05, 3.63) is 0 Å². The highest BCUT2D eigenvalue weighted by Crippen LogP contribution is 2.20. The van der Waals surface area contributed by atoms with E-state index in [-0.39, 0.29) is 0 Å². The fraction of sp³-hybridized carbons (Fsp3) is 1.00. The molecule has 0 aromatic carbocycles. The average Bonchev–Trinajstić information content (AvgIpc) is 1.95. The molecule has 3 nitrogen and oxygen atoms in total. The SMILES string of the molecule is COC1OCCC(O)C1Cl. The van der Waals surface area contributed by atoms with Crippen molar-refractivity contribution >= 4 is 11.6 Å². The van der Waals surface area contributed by atoms with E-state index in [1.54, 1.807) is 0 Å². The van der Waals surface area contributed by atoms with E-state index in [1.165, 1.54) is 7.11 Å². The van der Waals surface area contributed by atoms with Gasteiger partial charge >= 0.3 is 0 Å². The van der Waals surface area contributed by atoms with Crippen molar-refractivity contribution < 1.29 is 14.6 Å². The fourth-order valence-corrected chi connectivity index (χ4v) is 1.24. The molecule has 0 aromatic rings. The van der Waals surface area contributed by atoms with Gasteiger partial charge in [-0.05, 0) is 6.42 Å². The predicted molar refractivity (Wildman–Crippen MR) is 37.0 cm³/mol. The normalized spacial score (nSPS) is 41.7. The first-order chi connectivity index (χ1) is 4.75. The highest BCUT2D eigenvalue weighted by atomic mass is 35.5. The summed E-state index contributed by atoms with van der Waals surface area (Å²) < 4.78 is 9.96. The number of alkyl halides is 1. The van der Waals surface area contributed by atoms with Gasteiger partial charge in [0.1, 0.15) is 5.38 Å². The van der Waals surface area contributed by atoms with Gasteiger partial charge in [-0.3, -0.25) is 0 Å². The van der Waals surface area contributed by atoms with Crippen LogP contribution in [0.2, 0.25) is 0 Å². The van der Waals surface area contributed by atoms with Crippen LogP contribution in [0.4, 0.5) is 0 Å². The van der Waals surface area contributed by atoms with Crippen molar-refractivity contribution in [3.63, 3.8) is 0 Å². The van der Waals surface area contributed by atoms with Crippen LogP contribution in [0.25, 0.3) is 0 Å². The third kappa shape index (κ3) is 1.61. The maximum atomic E-state index is 9.19. The Morgan fingerprint density at radius 2 is 2.40 bits per heavy atom. The summed E-state index contributed by atoms with van der Waals surface area (Å²) in [6.07, 6.45) is -0.362. The molecular weight excluding hydrogens is 156 g/mol. The van der Waals surface area contributed by atoms with Gasteiger partial charge in [-0.2, -0.15) is 0 Å². The second kappa shape index (κ2) is 3.53. The number of hydrogen-bond donors (Lipinski definition) is 1. The van der Waals surface area contributed by atoms with Gasteiger partial charge in [-0.25, -0.2) is 0 Å². The van der Waals surface area contributed by atoms with E-state index in [4.69, 9.17) is 21.1 Å². The number of hydrogen-bond acceptors (Lipinski definition) is 3. The molecule has 0 aromatic heterocycles. The smallest absolute Gasteiger partial charge is 0.175 e. The van der Waals surface area contributed by atoms with Gasteiger partial charge in [-0.1, -0.05) is 0 Å². The zero-order valence-corrected chi connectivity index (χ0v) is 6.54. The zero-order valence-electron chi connectivity index (χ0n) is 5.79. The number of aliphatic hydroxyl groups is 1. The lowest BCUT2D eigenvalue weighted by Crippen LogP contribution is -2.41. The molecule has 4 heteroatoms. The lowest BCUT2D eigenvalue weighted by molar-refractivity contribution is -0.166. The lowest BCUT2D eigenvalue weighted by atomic mass is 10.1. The van der Waals surface area contributed by atoms with Crippen LogP contribution in [0.3, 0.4) is 0 Å². The summed E-state index contributed by atoms with van der Waals surface area (Å²) in [5.41, 5.74) is 0. The van der Waals surface area contributed by atoms with Crippen LogP contribution in [0, 0.1) is 0 Å². The molecule has 0 saturated carbocycles. The zero-order chi connectivity index (χ0) is 7.56. The van der Waals surface area contributed by atoms with Gasteiger partial charge in [0.15, 0.2) is 6.29 Å². The van der Waals surface area contributed by atoms with Crippen LogP contribution in [0.1, 0.15) is 6.42 Å². The van der Waals surface area contributed by atoms with Crippen molar-refractivity contribution in [1.82, 2.24) is 0 Å². The van der Waals surface area contributed by atoms with Gasteiger partial charge < -0.3 is 14.6 Å². The minimum atomic E-state index is -0.500. The highest BCUT2D eigenvalue weighted by Gasteiger charge is 2.31. The van der Waals surface area contributed by atoms with E-state index in [0.717, 1.165) is 0 Å². The Bertz CT molecular complexity index is 109. The molecule has 0 bridgehead atoms. The molecule has 1 saturated heterocycles. The molecule has 10 heavy (non-hydrogen) atoms. The topological polar surface area (TPSA) is 38.7 Å². The summed E-state index contributed by atoms with van der Waals surface area (Å²) in [6, 6.07) is 0. The number of ether oxygens (including phenoxy) is 2. The van der Waals surface area contributed by atoms with Crippen LogP contribution in [-0.2, 0) is 9.47 Å². The first-order valence-electron chi connectivity index (χ1n) is 3.22. The first-order valence-corrected chi connectivity index (χ1v) is 3.66. The fourth-order valence-electron chi connectivity index (χ4n) is 0.936. The number of rotatable bonds is 1. The molecule has 1 N–H and O–H groups in total. The Balaban J connectivity index is 2.42. The standard InChI is InChI=1S/C6H11ClO3/c1-9-6-5(7)4(8)2-3-10-6/h4-6,8H,2-3H2,1H3. The Hall–Kier alpha value is 0.170. The van der Waals surface area contributed by atoms with Crippen molar-refractivity contribution in [3.8, 4) is 0 Å². The average molecular weight is 167 g/mol. The Morgan fingerprint density at radius 3 is 2.90 bits per heavy atom. The Labute approximate surface area is 64.9 Å². The van der Waals surface area contributed by atoms with Crippen molar-refractivity contribution in [2.45, 2.75) is 24.2 Å². The lowest BCUT2D eigenvalue weighted by Gasteiger charge is -2.29. The second-order valence-corrected chi connectivity index (χ2v) is 2.78. The van der Waals surface area contributed by atoms with E-state index >= 15 is 0 Å². The summed E-state index contributed by atoms with van der Waals surface area (Å²) >= 11 is 5.73. The Kier molecular flexibility index (Phi) is 2.92. The summed E-state index contributed by atoms with van der Waals surface area (Å²) in [5, 5.41) is 8.76. The third-order valence-electron chi connectivity index (χ3n) is 1.56. The van der Waals surface area contributed by atoms with Gasteiger partial charge in [0, 0.05) is 7.11 Å². The Morgan fingerprint density at radius 1 is 1.70 bits per heavy atom. The molecule has 1 fully saturated rings. The number of halogens is 1. The summed E-state index contributed by atoms with van der Waals surface area (Å²) in [6.45, 7) is 0.517. The van der Waals surface area contributed by atoms with Crippen LogP contribution in [0.5, 0.6) is 0 Å². The number of aliphatic hydroxyl groups excluding tert-OH is 1. The van der Waals surface area contributed by atoms with Crippen molar-refractivity contribution in [2.24, 2.45) is 0 Å². The molecule has 1 rings (SSSR count). The van der Waals surface area contributed by atoms with Crippen molar-refractivity contribution in [2.75, 3.05) is 13.7 Å². The van der Waals surface area contributed by atoms with E-state index < -0.39 is 17.8 Å². The van der Waals surface area contributed by atoms with Gasteiger partial charge in [0.05, 0.1) is 12.7 Å². The largest absolute Gasteiger partial charge is 0.391 e. The molecule has 0 aliphatic carbocycles. The molecule has 0 spiro atoms. The van der Waals surface area contributed by atoms with Crippen LogP contribution < -0.4 is 0 Å². The van der Waals surface area contributed by atoms with Gasteiger partial charge in [-0.15, -0.1) is 11.6 Å². The van der Waals surface area contributed by atoms with Crippen LogP contribution >= 0.6 is 11.6 Å². The molecule has 0 amide bonds. The molecule has 60 valence electrons. The van der Waals surface area contributed by atoms with E-state index in [9.17, 15) is 5.11 Å². The van der Waals surface area contributed by atoms with Gasteiger partial charge in [0.25, 0.3) is 0 Å². The molecule has 3 unspecified atom stereocenters. The minimum absolute atomic E-state index is 0.432. The summed E-state index contributed by atoms with van der Waals surface area (Å²) in [7, 11) is 1.51.